The van der Waals surface area contributed by atoms with Gasteiger partial charge in [0.1, 0.15) is 0 Å². The number of hydrogen-bond acceptors (Lipinski definition) is 3. The van der Waals surface area contributed by atoms with E-state index in [1.165, 1.54) is 0 Å². The van der Waals surface area contributed by atoms with Crippen LogP contribution in [-0.4, -0.2) is 54.7 Å². The van der Waals surface area contributed by atoms with Crippen molar-refractivity contribution in [1.82, 2.24) is 9.80 Å². The Hall–Kier alpha value is -0.770. The molecule has 15 heavy (non-hydrogen) atoms. The normalized spacial score (nSPS) is 30.1. The summed E-state index contributed by atoms with van der Waals surface area (Å²) in [5, 5.41) is 0. The average Bonchev–Trinajstić information content (AvgIpc) is 2.59. The maximum absolute atomic E-state index is 11.8. The number of rotatable bonds is 2. The molecule has 86 valence electrons. The van der Waals surface area contributed by atoms with Gasteiger partial charge in [0.05, 0.1) is 6.61 Å². The first-order valence-corrected chi connectivity index (χ1v) is 5.97. The summed E-state index contributed by atoms with van der Waals surface area (Å²) in [6, 6.07) is 0.424. The van der Waals surface area contributed by atoms with Gasteiger partial charge in [-0.25, -0.2) is 4.79 Å². The number of piperidine rings is 1. The van der Waals surface area contributed by atoms with Crippen LogP contribution in [0.5, 0.6) is 0 Å². The lowest BCUT2D eigenvalue weighted by Gasteiger charge is -2.30. The van der Waals surface area contributed by atoms with Crippen molar-refractivity contribution < 1.29 is 9.53 Å². The van der Waals surface area contributed by atoms with E-state index >= 15 is 0 Å². The summed E-state index contributed by atoms with van der Waals surface area (Å²) in [7, 11) is 0. The number of fused-ring (bicyclic) bond motifs is 4. The molecule has 1 amide bonds. The van der Waals surface area contributed by atoms with Gasteiger partial charge in [0.25, 0.3) is 0 Å². The van der Waals surface area contributed by atoms with Gasteiger partial charge in [-0.1, -0.05) is 6.92 Å². The molecule has 0 radical (unpaired) electrons. The molecule has 0 unspecified atom stereocenters. The molecule has 0 aromatic heterocycles. The molecule has 0 aromatic carbocycles. The highest BCUT2D eigenvalue weighted by Gasteiger charge is 2.32. The molecule has 3 fully saturated rings. The second kappa shape index (κ2) is 4.84. The summed E-state index contributed by atoms with van der Waals surface area (Å²) in [5.74, 6) is 0. The molecule has 3 saturated heterocycles. The van der Waals surface area contributed by atoms with Crippen LogP contribution in [0, 0.1) is 0 Å². The first-order valence-electron chi connectivity index (χ1n) is 5.97. The Morgan fingerprint density at radius 3 is 2.67 bits per heavy atom. The SMILES string of the molecule is CCCOC(=O)N1CCN2CCC1CC2. The second-order valence-corrected chi connectivity index (χ2v) is 4.38. The van der Waals surface area contributed by atoms with Gasteiger partial charge in [-0.2, -0.15) is 0 Å². The average molecular weight is 212 g/mol. The summed E-state index contributed by atoms with van der Waals surface area (Å²) in [4.78, 5) is 16.2. The molecular weight excluding hydrogens is 192 g/mol. The van der Waals surface area contributed by atoms with Crippen molar-refractivity contribution in [3.05, 3.63) is 0 Å². The third-order valence-electron chi connectivity index (χ3n) is 3.32. The van der Waals surface area contributed by atoms with Crippen molar-refractivity contribution in [3.8, 4) is 0 Å². The van der Waals surface area contributed by atoms with Crippen molar-refractivity contribution in [1.29, 1.82) is 0 Å². The number of ether oxygens (including phenoxy) is 1. The fourth-order valence-electron chi connectivity index (χ4n) is 2.40. The van der Waals surface area contributed by atoms with Gasteiger partial charge in [0.2, 0.25) is 0 Å². The smallest absolute Gasteiger partial charge is 0.410 e. The van der Waals surface area contributed by atoms with Crippen LogP contribution in [0.25, 0.3) is 0 Å². The Bertz CT molecular complexity index is 225. The summed E-state index contributed by atoms with van der Waals surface area (Å²) in [6.07, 6.45) is 3.02. The minimum Gasteiger partial charge on any atom is -0.449 e. The van der Waals surface area contributed by atoms with Crippen molar-refractivity contribution >= 4 is 6.09 Å². The number of nitrogens with zero attached hydrogens (tertiary/aromatic N) is 2. The van der Waals surface area contributed by atoms with E-state index in [4.69, 9.17) is 4.74 Å². The molecule has 4 heteroatoms. The van der Waals surface area contributed by atoms with E-state index in [9.17, 15) is 4.79 Å². The van der Waals surface area contributed by atoms with Gasteiger partial charge < -0.3 is 14.5 Å². The van der Waals surface area contributed by atoms with Crippen LogP contribution in [-0.2, 0) is 4.74 Å². The summed E-state index contributed by atoms with van der Waals surface area (Å²) < 4.78 is 5.21. The number of carbonyl (C=O) groups excluding carboxylic acids is 1. The Morgan fingerprint density at radius 2 is 2.00 bits per heavy atom. The molecule has 0 aliphatic carbocycles. The second-order valence-electron chi connectivity index (χ2n) is 4.38. The number of hydrogen-bond donors (Lipinski definition) is 0. The fourth-order valence-corrected chi connectivity index (χ4v) is 2.40. The zero-order valence-electron chi connectivity index (χ0n) is 9.45. The highest BCUT2D eigenvalue weighted by atomic mass is 16.6. The zero-order valence-corrected chi connectivity index (χ0v) is 9.45. The Balaban J connectivity index is 1.92. The predicted octanol–water partition coefficient (Wildman–Crippen LogP) is 1.31. The first kappa shape index (κ1) is 10.7. The molecule has 4 nitrogen and oxygen atoms in total. The van der Waals surface area contributed by atoms with Crippen molar-refractivity contribution in [2.24, 2.45) is 0 Å². The topological polar surface area (TPSA) is 32.8 Å². The number of amides is 1. The standard InChI is InChI=1S/C11H20N2O2/c1-2-9-15-11(14)13-8-7-12-5-3-10(13)4-6-12/h10H,2-9H2,1H3. The van der Waals surface area contributed by atoms with Gasteiger partial charge in [0, 0.05) is 32.2 Å². The number of carbonyl (C=O) groups is 1. The van der Waals surface area contributed by atoms with E-state index < -0.39 is 0 Å². The maximum atomic E-state index is 11.8. The highest BCUT2D eigenvalue weighted by molar-refractivity contribution is 5.68. The van der Waals surface area contributed by atoms with Crippen molar-refractivity contribution in [2.45, 2.75) is 32.2 Å². The largest absolute Gasteiger partial charge is 0.449 e. The van der Waals surface area contributed by atoms with Gasteiger partial charge in [-0.15, -0.1) is 0 Å². The van der Waals surface area contributed by atoms with Gasteiger partial charge in [-0.05, 0) is 19.3 Å². The minimum atomic E-state index is -0.106. The highest BCUT2D eigenvalue weighted by Crippen LogP contribution is 2.21. The molecule has 2 bridgehead atoms. The molecular formula is C11H20N2O2. The van der Waals surface area contributed by atoms with E-state index in [0.29, 0.717) is 12.6 Å². The molecule has 0 atom stereocenters. The third-order valence-corrected chi connectivity index (χ3v) is 3.32. The van der Waals surface area contributed by atoms with Gasteiger partial charge in [0.15, 0.2) is 0 Å². The predicted molar refractivity (Wildman–Crippen MR) is 57.8 cm³/mol. The lowest BCUT2D eigenvalue weighted by Crippen LogP contribution is -2.41. The van der Waals surface area contributed by atoms with E-state index in [0.717, 1.165) is 45.4 Å². The van der Waals surface area contributed by atoms with Crippen LogP contribution in [0.1, 0.15) is 26.2 Å². The zero-order chi connectivity index (χ0) is 10.7. The van der Waals surface area contributed by atoms with E-state index in [2.05, 4.69) is 4.90 Å². The van der Waals surface area contributed by atoms with Gasteiger partial charge >= 0.3 is 6.09 Å². The Labute approximate surface area is 91.2 Å². The minimum absolute atomic E-state index is 0.106. The maximum Gasteiger partial charge on any atom is 0.410 e. The lowest BCUT2D eigenvalue weighted by atomic mass is 10.1. The van der Waals surface area contributed by atoms with E-state index in [-0.39, 0.29) is 6.09 Å². The first-order chi connectivity index (χ1) is 7.31. The molecule has 0 aromatic rings. The summed E-state index contributed by atoms with van der Waals surface area (Å²) in [6.45, 7) is 6.70. The molecule has 0 spiro atoms. The van der Waals surface area contributed by atoms with E-state index in [1.807, 2.05) is 11.8 Å². The molecule has 3 heterocycles. The van der Waals surface area contributed by atoms with Crippen LogP contribution >= 0.6 is 0 Å². The third kappa shape index (κ3) is 2.43. The van der Waals surface area contributed by atoms with Crippen LogP contribution < -0.4 is 0 Å². The van der Waals surface area contributed by atoms with E-state index in [1.54, 1.807) is 0 Å². The van der Waals surface area contributed by atoms with Crippen molar-refractivity contribution in [3.63, 3.8) is 0 Å². The molecule has 3 aliphatic heterocycles. The molecule has 3 rings (SSSR count). The quantitative estimate of drug-likeness (QED) is 0.692. The summed E-state index contributed by atoms with van der Waals surface area (Å²) >= 11 is 0. The van der Waals surface area contributed by atoms with Crippen LogP contribution in [0.4, 0.5) is 4.79 Å². The summed E-state index contributed by atoms with van der Waals surface area (Å²) in [5.41, 5.74) is 0. The van der Waals surface area contributed by atoms with Crippen LogP contribution in [0.3, 0.4) is 0 Å². The Morgan fingerprint density at radius 1 is 1.27 bits per heavy atom. The molecule has 0 N–H and O–H groups in total. The van der Waals surface area contributed by atoms with Gasteiger partial charge in [-0.3, -0.25) is 0 Å². The molecule has 0 saturated carbocycles. The van der Waals surface area contributed by atoms with Crippen LogP contribution in [0.15, 0.2) is 0 Å². The molecule has 3 aliphatic rings. The monoisotopic (exact) mass is 212 g/mol. The van der Waals surface area contributed by atoms with Crippen molar-refractivity contribution in [2.75, 3.05) is 32.8 Å². The fraction of sp³-hybridized carbons (Fsp3) is 0.909. The van der Waals surface area contributed by atoms with Crippen LogP contribution in [0.2, 0.25) is 0 Å². The lowest BCUT2D eigenvalue weighted by molar-refractivity contribution is 0.0870. The Kier molecular flexibility index (Phi) is 3.46.